The first kappa shape index (κ1) is 16.6. The molecule has 1 aromatic carbocycles. The van der Waals surface area contributed by atoms with Gasteiger partial charge in [-0.05, 0) is 29.8 Å². The largest absolute Gasteiger partial charge is 0.496 e. The Labute approximate surface area is 137 Å². The third-order valence-corrected chi connectivity index (χ3v) is 3.01. The third-order valence-electron chi connectivity index (χ3n) is 3.01. The number of methoxy groups -OCH3 is 1. The van der Waals surface area contributed by atoms with E-state index in [4.69, 9.17) is 10.00 Å². The van der Waals surface area contributed by atoms with Crippen LogP contribution in [0.4, 0.5) is 11.4 Å². The fraction of sp³-hybridized carbons (Fsp3) is 0.0625. The van der Waals surface area contributed by atoms with Gasteiger partial charge in [-0.25, -0.2) is 0 Å². The van der Waals surface area contributed by atoms with Gasteiger partial charge in [0.25, 0.3) is 11.6 Å². The van der Waals surface area contributed by atoms with E-state index in [2.05, 4.69) is 10.3 Å². The second-order valence-electron chi connectivity index (χ2n) is 4.55. The van der Waals surface area contributed by atoms with Gasteiger partial charge in [0.15, 0.2) is 0 Å². The van der Waals surface area contributed by atoms with E-state index in [-0.39, 0.29) is 22.7 Å². The lowest BCUT2D eigenvalue weighted by molar-refractivity contribution is -0.384. The Kier molecular flexibility index (Phi) is 5.20. The molecule has 1 N–H and O–H groups in total. The summed E-state index contributed by atoms with van der Waals surface area (Å²) in [6.45, 7) is 0. The van der Waals surface area contributed by atoms with E-state index in [1.807, 2.05) is 0 Å². The highest BCUT2D eigenvalue weighted by Crippen LogP contribution is 2.29. The van der Waals surface area contributed by atoms with Crippen molar-refractivity contribution in [2.24, 2.45) is 0 Å². The van der Waals surface area contributed by atoms with Gasteiger partial charge in [-0.15, -0.1) is 0 Å². The highest BCUT2D eigenvalue weighted by molar-refractivity contribution is 6.10. The third kappa shape index (κ3) is 3.92. The molecule has 0 atom stereocenters. The topological polar surface area (TPSA) is 118 Å². The average Bonchev–Trinajstić information content (AvgIpc) is 2.60. The van der Waals surface area contributed by atoms with Crippen LogP contribution in [-0.2, 0) is 4.79 Å². The summed E-state index contributed by atoms with van der Waals surface area (Å²) in [5.74, 6) is -0.472. The number of carbonyl (C=O) groups is 1. The summed E-state index contributed by atoms with van der Waals surface area (Å²) in [6, 6.07) is 9.10. The minimum Gasteiger partial charge on any atom is -0.496 e. The predicted molar refractivity (Wildman–Crippen MR) is 86.1 cm³/mol. The van der Waals surface area contributed by atoms with E-state index in [1.54, 1.807) is 24.4 Å². The molecule has 0 aliphatic heterocycles. The number of nitrogens with one attached hydrogen (secondary N) is 1. The molecular weight excluding hydrogens is 312 g/mol. The smallest absolute Gasteiger partial charge is 0.296 e. The van der Waals surface area contributed by atoms with Crippen molar-refractivity contribution < 1.29 is 14.5 Å². The number of benzene rings is 1. The van der Waals surface area contributed by atoms with Crippen LogP contribution in [0.2, 0.25) is 0 Å². The van der Waals surface area contributed by atoms with Crippen LogP contribution >= 0.6 is 0 Å². The summed E-state index contributed by atoms with van der Waals surface area (Å²) in [4.78, 5) is 26.6. The molecule has 0 radical (unpaired) electrons. The van der Waals surface area contributed by atoms with E-state index in [0.717, 1.165) is 0 Å². The molecule has 0 aliphatic rings. The molecule has 2 rings (SSSR count). The van der Waals surface area contributed by atoms with Crippen LogP contribution in [-0.4, -0.2) is 22.9 Å². The standard InChI is InChI=1S/C16H12N4O4/c1-24-13-4-5-14(15(8-13)20(22)23)19-16(21)12(9-17)7-11-3-2-6-18-10-11/h2-8,10H,1H3,(H,19,21)/b12-7+. The molecule has 1 heterocycles. The monoisotopic (exact) mass is 324 g/mol. The molecule has 0 saturated carbocycles. The minimum absolute atomic E-state index is 0.0295. The summed E-state index contributed by atoms with van der Waals surface area (Å²) >= 11 is 0. The lowest BCUT2D eigenvalue weighted by Gasteiger charge is -2.07. The number of hydrogen-bond acceptors (Lipinski definition) is 6. The zero-order valence-electron chi connectivity index (χ0n) is 12.6. The van der Waals surface area contributed by atoms with Gasteiger partial charge in [-0.2, -0.15) is 5.26 Å². The zero-order valence-corrected chi connectivity index (χ0v) is 12.6. The summed E-state index contributed by atoms with van der Waals surface area (Å²) in [5, 5.41) is 22.6. The molecular formula is C16H12N4O4. The molecule has 1 aromatic heterocycles. The molecule has 0 spiro atoms. The minimum atomic E-state index is -0.755. The molecule has 8 nitrogen and oxygen atoms in total. The number of amides is 1. The molecule has 0 fully saturated rings. The van der Waals surface area contributed by atoms with Crippen LogP contribution in [0.1, 0.15) is 5.56 Å². The molecule has 0 aliphatic carbocycles. The van der Waals surface area contributed by atoms with Crippen LogP contribution in [0.15, 0.2) is 48.3 Å². The van der Waals surface area contributed by atoms with Crippen LogP contribution < -0.4 is 10.1 Å². The van der Waals surface area contributed by atoms with Crippen molar-refractivity contribution in [1.82, 2.24) is 4.98 Å². The number of ether oxygens (including phenoxy) is 1. The van der Waals surface area contributed by atoms with E-state index < -0.39 is 10.8 Å². The Bertz CT molecular complexity index is 841. The first-order valence-corrected chi connectivity index (χ1v) is 6.70. The lowest BCUT2D eigenvalue weighted by Crippen LogP contribution is -2.14. The number of carbonyl (C=O) groups excluding carboxylic acids is 1. The van der Waals surface area contributed by atoms with Gasteiger partial charge in [-0.3, -0.25) is 19.9 Å². The number of hydrogen-bond donors (Lipinski definition) is 1. The van der Waals surface area contributed by atoms with Crippen molar-refractivity contribution in [2.45, 2.75) is 0 Å². The van der Waals surface area contributed by atoms with Gasteiger partial charge >= 0.3 is 0 Å². The zero-order chi connectivity index (χ0) is 17.5. The van der Waals surface area contributed by atoms with Gasteiger partial charge in [0.2, 0.25) is 0 Å². The second-order valence-corrected chi connectivity index (χ2v) is 4.55. The number of nitro groups is 1. The molecule has 24 heavy (non-hydrogen) atoms. The van der Waals surface area contributed by atoms with E-state index in [9.17, 15) is 14.9 Å². The fourth-order valence-electron chi connectivity index (χ4n) is 1.86. The average molecular weight is 324 g/mol. The van der Waals surface area contributed by atoms with Crippen LogP contribution in [0, 0.1) is 21.4 Å². The molecule has 1 amide bonds. The maximum Gasteiger partial charge on any atom is 0.296 e. The van der Waals surface area contributed by atoms with Gasteiger partial charge in [0.1, 0.15) is 23.1 Å². The maximum atomic E-state index is 12.2. The number of nitrogens with zero attached hydrogens (tertiary/aromatic N) is 3. The first-order chi connectivity index (χ1) is 11.5. The van der Waals surface area contributed by atoms with E-state index >= 15 is 0 Å². The van der Waals surface area contributed by atoms with Gasteiger partial charge in [0, 0.05) is 12.4 Å². The van der Waals surface area contributed by atoms with E-state index in [0.29, 0.717) is 5.56 Å². The normalized spacial score (nSPS) is 10.6. The Morgan fingerprint density at radius 2 is 2.25 bits per heavy atom. The van der Waals surface area contributed by atoms with Crippen LogP contribution in [0.5, 0.6) is 5.75 Å². The van der Waals surface area contributed by atoms with Gasteiger partial charge in [-0.1, -0.05) is 6.07 Å². The van der Waals surface area contributed by atoms with Crippen molar-refractivity contribution in [2.75, 3.05) is 12.4 Å². The Morgan fingerprint density at radius 1 is 1.46 bits per heavy atom. The molecule has 0 saturated heterocycles. The molecule has 120 valence electrons. The second kappa shape index (κ2) is 7.51. The van der Waals surface area contributed by atoms with Crippen LogP contribution in [0.25, 0.3) is 6.08 Å². The molecule has 0 unspecified atom stereocenters. The number of nitro benzene ring substituents is 1. The Balaban J connectivity index is 2.30. The maximum absolute atomic E-state index is 12.2. The number of rotatable bonds is 5. The summed E-state index contributed by atoms with van der Waals surface area (Å²) in [6.07, 6.45) is 4.39. The van der Waals surface area contributed by atoms with Crippen molar-refractivity contribution in [3.05, 3.63) is 64.0 Å². The number of aromatic nitrogens is 1. The number of pyridine rings is 1. The van der Waals surface area contributed by atoms with Gasteiger partial charge in [0.05, 0.1) is 18.1 Å². The van der Waals surface area contributed by atoms with Crippen molar-refractivity contribution in [3.63, 3.8) is 0 Å². The van der Waals surface area contributed by atoms with Gasteiger partial charge < -0.3 is 10.1 Å². The summed E-state index contributed by atoms with van der Waals surface area (Å²) < 4.78 is 4.92. The van der Waals surface area contributed by atoms with Crippen molar-refractivity contribution >= 4 is 23.4 Å². The van der Waals surface area contributed by atoms with Crippen LogP contribution in [0.3, 0.4) is 0 Å². The first-order valence-electron chi connectivity index (χ1n) is 6.70. The highest BCUT2D eigenvalue weighted by atomic mass is 16.6. The fourth-order valence-corrected chi connectivity index (χ4v) is 1.86. The molecule has 0 bridgehead atoms. The summed E-state index contributed by atoms with van der Waals surface area (Å²) in [5.41, 5.74) is 0.000973. The Morgan fingerprint density at radius 3 is 2.83 bits per heavy atom. The van der Waals surface area contributed by atoms with E-state index in [1.165, 1.54) is 37.6 Å². The Hall–Kier alpha value is -3.73. The lowest BCUT2D eigenvalue weighted by atomic mass is 10.1. The van der Waals surface area contributed by atoms with Crippen molar-refractivity contribution in [3.8, 4) is 11.8 Å². The predicted octanol–water partition coefficient (Wildman–Crippen LogP) is 2.54. The SMILES string of the molecule is COc1ccc(NC(=O)/C(C#N)=C/c2cccnc2)c([N+](=O)[O-])c1. The number of anilines is 1. The highest BCUT2D eigenvalue weighted by Gasteiger charge is 2.19. The van der Waals surface area contributed by atoms with Crippen molar-refractivity contribution in [1.29, 1.82) is 5.26 Å². The quantitative estimate of drug-likeness (QED) is 0.391. The molecule has 2 aromatic rings. The number of nitriles is 1. The summed E-state index contributed by atoms with van der Waals surface area (Å²) in [7, 11) is 1.38. The molecule has 8 heteroatoms.